The smallest absolute Gasteiger partial charge is 0.416 e. The van der Waals surface area contributed by atoms with E-state index >= 15 is 0 Å². The second kappa shape index (κ2) is 8.05. The first-order valence-electron chi connectivity index (χ1n) is 9.73. The lowest BCUT2D eigenvalue weighted by molar-refractivity contribution is -0.138. The molecule has 0 aliphatic rings. The van der Waals surface area contributed by atoms with Crippen molar-refractivity contribution in [2.45, 2.75) is 20.0 Å². The van der Waals surface area contributed by atoms with E-state index < -0.39 is 23.6 Å². The molecule has 0 saturated heterocycles. The first kappa shape index (κ1) is 22.0. The molecule has 0 radical (unpaired) electrons. The monoisotopic (exact) mass is 454 g/mol. The Kier molecular flexibility index (Phi) is 5.36. The molecule has 0 saturated carbocycles. The Morgan fingerprint density at radius 3 is 2.52 bits per heavy atom. The van der Waals surface area contributed by atoms with Crippen LogP contribution in [0.4, 0.5) is 18.9 Å². The number of benzene rings is 2. The Balaban J connectivity index is 1.68. The standard InChI is InChI=1S/C23H17F3N4O3/c1-12-6-7-15(11-17(12)23(24,25)26)21(31)28-16-5-3-4-14(10-16)18-8-9-27-20-19(22(32)33)13(2)29-30(18)20/h3-11H,1-2H3,(H,28,31)(H,32,33). The van der Waals surface area contributed by atoms with E-state index in [1.807, 2.05) is 0 Å². The molecule has 2 heterocycles. The van der Waals surface area contributed by atoms with Gasteiger partial charge >= 0.3 is 12.1 Å². The second-order valence-electron chi connectivity index (χ2n) is 7.39. The molecule has 2 aromatic heterocycles. The van der Waals surface area contributed by atoms with E-state index in [1.54, 1.807) is 37.3 Å². The molecule has 0 atom stereocenters. The van der Waals surface area contributed by atoms with Crippen molar-refractivity contribution in [3.63, 3.8) is 0 Å². The van der Waals surface area contributed by atoms with Crippen LogP contribution in [-0.2, 0) is 6.18 Å². The van der Waals surface area contributed by atoms with Gasteiger partial charge in [0.05, 0.1) is 17.0 Å². The summed E-state index contributed by atoms with van der Waals surface area (Å²) in [5, 5.41) is 16.3. The fourth-order valence-corrected chi connectivity index (χ4v) is 3.55. The number of anilines is 1. The van der Waals surface area contributed by atoms with Crippen LogP contribution in [0.3, 0.4) is 0 Å². The third-order valence-electron chi connectivity index (χ3n) is 5.13. The summed E-state index contributed by atoms with van der Waals surface area (Å²) < 4.78 is 41.0. The average Bonchev–Trinajstić information content (AvgIpc) is 3.09. The van der Waals surface area contributed by atoms with E-state index in [2.05, 4.69) is 15.4 Å². The van der Waals surface area contributed by atoms with Gasteiger partial charge < -0.3 is 10.4 Å². The summed E-state index contributed by atoms with van der Waals surface area (Å²) in [4.78, 5) is 28.3. The largest absolute Gasteiger partial charge is 0.477 e. The summed E-state index contributed by atoms with van der Waals surface area (Å²) in [7, 11) is 0. The van der Waals surface area contributed by atoms with Crippen molar-refractivity contribution in [1.82, 2.24) is 14.6 Å². The molecular weight excluding hydrogens is 437 g/mol. The summed E-state index contributed by atoms with van der Waals surface area (Å²) >= 11 is 0. The highest BCUT2D eigenvalue weighted by molar-refractivity contribution is 6.04. The van der Waals surface area contributed by atoms with Crippen LogP contribution in [0.5, 0.6) is 0 Å². The minimum Gasteiger partial charge on any atom is -0.477 e. The number of carboxylic acids is 1. The number of aromatic nitrogens is 3. The zero-order valence-electron chi connectivity index (χ0n) is 17.4. The highest BCUT2D eigenvalue weighted by atomic mass is 19.4. The van der Waals surface area contributed by atoms with Gasteiger partial charge in [-0.05, 0) is 49.7 Å². The molecule has 7 nitrogen and oxygen atoms in total. The molecule has 4 rings (SSSR count). The quantitative estimate of drug-likeness (QED) is 0.453. The maximum atomic E-state index is 13.2. The Labute approximate surface area is 185 Å². The van der Waals surface area contributed by atoms with Crippen LogP contribution in [0.2, 0.25) is 0 Å². The summed E-state index contributed by atoms with van der Waals surface area (Å²) in [5.74, 6) is -1.84. The molecule has 10 heteroatoms. The molecule has 0 unspecified atom stereocenters. The van der Waals surface area contributed by atoms with Gasteiger partial charge in [-0.15, -0.1) is 0 Å². The second-order valence-corrected chi connectivity index (χ2v) is 7.39. The van der Waals surface area contributed by atoms with Crippen LogP contribution in [0.25, 0.3) is 16.9 Å². The van der Waals surface area contributed by atoms with E-state index in [-0.39, 0.29) is 22.3 Å². The maximum absolute atomic E-state index is 13.2. The van der Waals surface area contributed by atoms with Crippen molar-refractivity contribution >= 4 is 23.2 Å². The van der Waals surface area contributed by atoms with E-state index in [0.29, 0.717) is 22.6 Å². The molecule has 2 aromatic carbocycles. The Hall–Kier alpha value is -4.21. The highest BCUT2D eigenvalue weighted by Crippen LogP contribution is 2.32. The van der Waals surface area contributed by atoms with Crippen LogP contribution in [-0.4, -0.2) is 31.6 Å². The van der Waals surface area contributed by atoms with Gasteiger partial charge in [-0.2, -0.15) is 18.3 Å². The van der Waals surface area contributed by atoms with Crippen LogP contribution in [0, 0.1) is 13.8 Å². The predicted octanol–water partition coefficient (Wildman–Crippen LogP) is 4.98. The molecule has 0 aliphatic carbocycles. The minimum absolute atomic E-state index is 0.0128. The van der Waals surface area contributed by atoms with Gasteiger partial charge in [0, 0.05) is 23.0 Å². The van der Waals surface area contributed by atoms with Gasteiger partial charge in [-0.3, -0.25) is 4.79 Å². The number of nitrogens with one attached hydrogen (secondary N) is 1. The van der Waals surface area contributed by atoms with Crippen molar-refractivity contribution in [3.05, 3.63) is 82.7 Å². The molecule has 33 heavy (non-hydrogen) atoms. The SMILES string of the molecule is Cc1ccc(C(=O)Nc2cccc(-c3ccnc4c(C(=O)O)c(C)nn34)c2)cc1C(F)(F)F. The normalized spacial score (nSPS) is 11.5. The van der Waals surface area contributed by atoms with Gasteiger partial charge in [-0.1, -0.05) is 18.2 Å². The maximum Gasteiger partial charge on any atom is 0.416 e. The van der Waals surface area contributed by atoms with Gasteiger partial charge in [0.15, 0.2) is 5.65 Å². The number of fused-ring (bicyclic) bond motifs is 1. The lowest BCUT2D eigenvalue weighted by atomic mass is 10.0. The summed E-state index contributed by atoms with van der Waals surface area (Å²) in [5.41, 5.74) is 0.960. The molecule has 0 spiro atoms. The first-order chi connectivity index (χ1) is 15.6. The molecule has 0 aliphatic heterocycles. The summed E-state index contributed by atoms with van der Waals surface area (Å²) in [6.45, 7) is 2.89. The third-order valence-corrected chi connectivity index (χ3v) is 5.13. The minimum atomic E-state index is -4.57. The van der Waals surface area contributed by atoms with Crippen molar-refractivity contribution in [3.8, 4) is 11.3 Å². The number of amides is 1. The third kappa shape index (κ3) is 4.14. The van der Waals surface area contributed by atoms with E-state index in [9.17, 15) is 27.9 Å². The molecule has 1 amide bonds. The van der Waals surface area contributed by atoms with Crippen LogP contribution >= 0.6 is 0 Å². The molecule has 4 aromatic rings. The number of carbonyl (C=O) groups is 2. The summed E-state index contributed by atoms with van der Waals surface area (Å²) in [6.07, 6.45) is -3.11. The molecular formula is C23H17F3N4O3. The first-order valence-corrected chi connectivity index (χ1v) is 9.73. The van der Waals surface area contributed by atoms with Crippen molar-refractivity contribution in [2.75, 3.05) is 5.32 Å². The predicted molar refractivity (Wildman–Crippen MR) is 114 cm³/mol. The van der Waals surface area contributed by atoms with Gasteiger partial charge in [0.1, 0.15) is 5.56 Å². The number of hydrogen-bond acceptors (Lipinski definition) is 4. The number of rotatable bonds is 4. The lowest BCUT2D eigenvalue weighted by Gasteiger charge is -2.13. The van der Waals surface area contributed by atoms with Crippen LogP contribution < -0.4 is 5.32 Å². The number of nitrogens with zero attached hydrogens (tertiary/aromatic N) is 3. The Bertz CT molecular complexity index is 1410. The van der Waals surface area contributed by atoms with Crippen LogP contribution in [0.1, 0.15) is 37.5 Å². The molecule has 2 N–H and O–H groups in total. The van der Waals surface area contributed by atoms with Crippen molar-refractivity contribution in [2.24, 2.45) is 0 Å². The Morgan fingerprint density at radius 2 is 1.82 bits per heavy atom. The van der Waals surface area contributed by atoms with Crippen molar-refractivity contribution in [1.29, 1.82) is 0 Å². The average molecular weight is 454 g/mol. The van der Waals surface area contributed by atoms with E-state index in [0.717, 1.165) is 6.07 Å². The highest BCUT2D eigenvalue weighted by Gasteiger charge is 2.33. The number of alkyl halides is 3. The fourth-order valence-electron chi connectivity index (χ4n) is 3.55. The fraction of sp³-hybridized carbons (Fsp3) is 0.130. The Morgan fingerprint density at radius 1 is 1.06 bits per heavy atom. The number of carboxylic acid groups (broad SMARTS) is 1. The zero-order valence-corrected chi connectivity index (χ0v) is 17.4. The van der Waals surface area contributed by atoms with E-state index in [1.165, 1.54) is 29.8 Å². The number of carbonyl (C=O) groups excluding carboxylic acids is 1. The lowest BCUT2D eigenvalue weighted by Crippen LogP contribution is -2.15. The summed E-state index contributed by atoms with van der Waals surface area (Å²) in [6, 6.07) is 11.6. The van der Waals surface area contributed by atoms with Gasteiger partial charge in [-0.25, -0.2) is 14.3 Å². The van der Waals surface area contributed by atoms with E-state index in [4.69, 9.17) is 0 Å². The van der Waals surface area contributed by atoms with Crippen molar-refractivity contribution < 1.29 is 27.9 Å². The number of aryl methyl sites for hydroxylation is 2. The number of halogens is 3. The van der Waals surface area contributed by atoms with Crippen LogP contribution in [0.15, 0.2) is 54.7 Å². The van der Waals surface area contributed by atoms with Gasteiger partial charge in [0.2, 0.25) is 0 Å². The number of hydrogen-bond donors (Lipinski definition) is 2. The molecule has 0 fully saturated rings. The molecule has 0 bridgehead atoms. The van der Waals surface area contributed by atoms with Gasteiger partial charge in [0.25, 0.3) is 5.91 Å². The molecule has 168 valence electrons. The number of aromatic carboxylic acids is 1. The topological polar surface area (TPSA) is 96.6 Å². The zero-order chi connectivity index (χ0) is 23.9.